The van der Waals surface area contributed by atoms with Crippen LogP contribution in [0.5, 0.6) is 0 Å². The average molecular weight is 338 g/mol. The van der Waals surface area contributed by atoms with E-state index in [9.17, 15) is 9.59 Å². The number of carbonyl (C=O) groups is 2. The van der Waals surface area contributed by atoms with Crippen molar-refractivity contribution in [3.05, 3.63) is 59.2 Å². The van der Waals surface area contributed by atoms with Crippen molar-refractivity contribution in [1.29, 1.82) is 0 Å². The van der Waals surface area contributed by atoms with E-state index in [1.807, 2.05) is 55.4 Å². The minimum absolute atomic E-state index is 0.0122. The molecule has 1 aliphatic heterocycles. The first-order valence-corrected chi connectivity index (χ1v) is 8.31. The number of para-hydroxylation sites is 1. The second-order valence-electron chi connectivity index (χ2n) is 6.35. The highest BCUT2D eigenvalue weighted by atomic mass is 16.5. The minimum Gasteiger partial charge on any atom is -0.461 e. The smallest absolute Gasteiger partial charge is 0.302 e. The van der Waals surface area contributed by atoms with Crippen LogP contribution >= 0.6 is 0 Å². The summed E-state index contributed by atoms with van der Waals surface area (Å²) in [5, 5.41) is 0. The van der Waals surface area contributed by atoms with Gasteiger partial charge in [-0.15, -0.1) is 0 Å². The molecule has 0 spiro atoms. The molecule has 0 atom stereocenters. The maximum atomic E-state index is 13.0. The zero-order valence-electron chi connectivity index (χ0n) is 14.8. The lowest BCUT2D eigenvalue weighted by atomic mass is 9.97. The van der Waals surface area contributed by atoms with Gasteiger partial charge in [0, 0.05) is 44.4 Å². The van der Waals surface area contributed by atoms with Crippen LogP contribution in [-0.4, -0.2) is 32.5 Å². The summed E-state index contributed by atoms with van der Waals surface area (Å²) in [6.45, 7) is 2.16. The van der Waals surface area contributed by atoms with Crippen molar-refractivity contribution in [2.75, 3.05) is 30.4 Å². The first kappa shape index (κ1) is 17.0. The number of ether oxygens (including phenoxy) is 1. The number of nitrogens with zero attached hydrogens (tertiary/aromatic N) is 2. The van der Waals surface area contributed by atoms with E-state index < -0.39 is 0 Å². The summed E-state index contributed by atoms with van der Waals surface area (Å²) >= 11 is 0. The number of fused-ring (bicyclic) bond motifs is 1. The molecule has 0 unspecified atom stereocenters. The lowest BCUT2D eigenvalue weighted by molar-refractivity contribution is -0.142. The van der Waals surface area contributed by atoms with Gasteiger partial charge < -0.3 is 14.5 Å². The summed E-state index contributed by atoms with van der Waals surface area (Å²) in [5.74, 6) is -0.344. The Morgan fingerprint density at radius 3 is 2.68 bits per heavy atom. The van der Waals surface area contributed by atoms with E-state index in [2.05, 4.69) is 6.07 Å². The zero-order chi connectivity index (χ0) is 18.0. The lowest BCUT2D eigenvalue weighted by Gasteiger charge is -2.31. The van der Waals surface area contributed by atoms with E-state index >= 15 is 0 Å². The van der Waals surface area contributed by atoms with Crippen LogP contribution < -0.4 is 9.80 Å². The van der Waals surface area contributed by atoms with E-state index in [1.165, 1.54) is 6.92 Å². The predicted octanol–water partition coefficient (Wildman–Crippen LogP) is 3.02. The van der Waals surface area contributed by atoms with Crippen LogP contribution in [-0.2, 0) is 22.6 Å². The lowest BCUT2D eigenvalue weighted by Crippen LogP contribution is -2.38. The molecule has 0 radical (unpaired) electrons. The largest absolute Gasteiger partial charge is 0.461 e. The second-order valence-corrected chi connectivity index (χ2v) is 6.35. The third kappa shape index (κ3) is 3.50. The van der Waals surface area contributed by atoms with Crippen LogP contribution in [0, 0.1) is 0 Å². The molecule has 25 heavy (non-hydrogen) atoms. The Hall–Kier alpha value is -2.82. The molecule has 0 bridgehead atoms. The van der Waals surface area contributed by atoms with Crippen LogP contribution in [0.1, 0.15) is 28.4 Å². The zero-order valence-corrected chi connectivity index (χ0v) is 14.8. The Morgan fingerprint density at radius 1 is 1.20 bits per heavy atom. The number of anilines is 2. The summed E-state index contributed by atoms with van der Waals surface area (Å²) < 4.78 is 5.12. The summed E-state index contributed by atoms with van der Waals surface area (Å²) in [7, 11) is 3.98. The minimum atomic E-state index is -0.332. The second kappa shape index (κ2) is 6.97. The van der Waals surface area contributed by atoms with E-state index in [0.717, 1.165) is 34.5 Å². The van der Waals surface area contributed by atoms with Gasteiger partial charge in [-0.1, -0.05) is 18.2 Å². The first-order valence-electron chi connectivity index (χ1n) is 8.31. The number of hydrogen-bond donors (Lipinski definition) is 0. The van der Waals surface area contributed by atoms with E-state index in [1.54, 1.807) is 4.90 Å². The molecule has 130 valence electrons. The maximum absolute atomic E-state index is 13.0. The van der Waals surface area contributed by atoms with E-state index in [-0.39, 0.29) is 18.5 Å². The van der Waals surface area contributed by atoms with Crippen molar-refractivity contribution >= 4 is 23.3 Å². The maximum Gasteiger partial charge on any atom is 0.302 e. The molecule has 1 aliphatic rings. The molecule has 2 aromatic rings. The van der Waals surface area contributed by atoms with Crippen LogP contribution in [0.25, 0.3) is 0 Å². The number of esters is 1. The molecule has 0 saturated carbocycles. The van der Waals surface area contributed by atoms with E-state index in [0.29, 0.717) is 6.54 Å². The number of amides is 1. The highest BCUT2D eigenvalue weighted by molar-refractivity contribution is 6.08. The summed E-state index contributed by atoms with van der Waals surface area (Å²) in [6.07, 6.45) is 0.796. The van der Waals surface area contributed by atoms with Gasteiger partial charge in [-0.05, 0) is 36.2 Å². The normalized spacial score (nSPS) is 13.4. The highest BCUT2D eigenvalue weighted by Crippen LogP contribution is 2.29. The first-order chi connectivity index (χ1) is 12.0. The molecule has 1 heterocycles. The van der Waals surface area contributed by atoms with Gasteiger partial charge in [0.1, 0.15) is 6.61 Å². The quantitative estimate of drug-likeness (QED) is 0.804. The van der Waals surface area contributed by atoms with Gasteiger partial charge in [0.05, 0.1) is 5.69 Å². The third-order valence-corrected chi connectivity index (χ3v) is 4.40. The summed E-state index contributed by atoms with van der Waals surface area (Å²) in [6, 6.07) is 13.5. The monoisotopic (exact) mass is 338 g/mol. The standard InChI is InChI=1S/C20H22N2O3/c1-14(23)25-13-16-6-4-5-7-19(16)22-11-10-15-12-17(21(2)3)8-9-18(15)20(22)24/h4-9,12H,10-11,13H2,1-3H3. The molecule has 5 nitrogen and oxygen atoms in total. The molecule has 5 heteroatoms. The van der Waals surface area contributed by atoms with Gasteiger partial charge >= 0.3 is 5.97 Å². The summed E-state index contributed by atoms with van der Waals surface area (Å²) in [4.78, 5) is 27.9. The molecule has 0 saturated heterocycles. The number of rotatable bonds is 4. The van der Waals surface area contributed by atoms with Crippen molar-refractivity contribution in [3.63, 3.8) is 0 Å². The van der Waals surface area contributed by atoms with Crippen LogP contribution in [0.15, 0.2) is 42.5 Å². The topological polar surface area (TPSA) is 49.9 Å². The fraction of sp³-hybridized carbons (Fsp3) is 0.300. The highest BCUT2D eigenvalue weighted by Gasteiger charge is 2.27. The molecular formula is C20H22N2O3. The van der Waals surface area contributed by atoms with Crippen molar-refractivity contribution in [3.8, 4) is 0 Å². The SMILES string of the molecule is CC(=O)OCc1ccccc1N1CCc2cc(N(C)C)ccc2C1=O. The number of benzene rings is 2. The Balaban J connectivity index is 1.91. The molecule has 0 aliphatic carbocycles. The summed E-state index contributed by atoms with van der Waals surface area (Å²) in [5.41, 5.74) is 4.54. The molecular weight excluding hydrogens is 316 g/mol. The molecule has 1 amide bonds. The van der Waals surface area contributed by atoms with Gasteiger partial charge in [-0.3, -0.25) is 9.59 Å². The van der Waals surface area contributed by atoms with Crippen LogP contribution in [0.3, 0.4) is 0 Å². The Kier molecular flexibility index (Phi) is 4.74. The average Bonchev–Trinajstić information content (AvgIpc) is 2.60. The van der Waals surface area contributed by atoms with Gasteiger partial charge in [0.25, 0.3) is 5.91 Å². The fourth-order valence-electron chi connectivity index (χ4n) is 3.06. The van der Waals surface area contributed by atoms with Crippen molar-refractivity contribution in [2.45, 2.75) is 20.0 Å². The molecule has 2 aromatic carbocycles. The number of carbonyl (C=O) groups excluding carboxylic acids is 2. The Labute approximate surface area is 147 Å². The molecule has 0 aromatic heterocycles. The van der Waals surface area contributed by atoms with Crippen molar-refractivity contribution in [1.82, 2.24) is 0 Å². The van der Waals surface area contributed by atoms with Crippen LogP contribution in [0.2, 0.25) is 0 Å². The fourth-order valence-corrected chi connectivity index (χ4v) is 3.06. The van der Waals surface area contributed by atoms with Gasteiger partial charge in [-0.25, -0.2) is 0 Å². The van der Waals surface area contributed by atoms with Gasteiger partial charge in [0.2, 0.25) is 0 Å². The van der Waals surface area contributed by atoms with Crippen LogP contribution in [0.4, 0.5) is 11.4 Å². The molecule has 3 rings (SSSR count). The Morgan fingerprint density at radius 2 is 1.96 bits per heavy atom. The third-order valence-electron chi connectivity index (χ3n) is 4.40. The number of hydrogen-bond acceptors (Lipinski definition) is 4. The molecule has 0 N–H and O–H groups in total. The molecule has 0 fully saturated rings. The van der Waals surface area contributed by atoms with Gasteiger partial charge in [-0.2, -0.15) is 0 Å². The van der Waals surface area contributed by atoms with Crippen molar-refractivity contribution < 1.29 is 14.3 Å². The predicted molar refractivity (Wildman–Crippen MR) is 98.1 cm³/mol. The Bertz CT molecular complexity index is 814. The van der Waals surface area contributed by atoms with E-state index in [4.69, 9.17) is 4.74 Å². The van der Waals surface area contributed by atoms with Gasteiger partial charge in [0.15, 0.2) is 0 Å². The van der Waals surface area contributed by atoms with Crippen molar-refractivity contribution in [2.24, 2.45) is 0 Å².